The summed E-state index contributed by atoms with van der Waals surface area (Å²) < 4.78 is 15.6. The lowest BCUT2D eigenvalue weighted by atomic mass is 10.1. The van der Waals surface area contributed by atoms with Crippen LogP contribution in [0.2, 0.25) is 0 Å². The first kappa shape index (κ1) is 16.1. The second kappa shape index (κ2) is 6.68. The van der Waals surface area contributed by atoms with E-state index in [1.807, 2.05) is 30.3 Å². The third kappa shape index (κ3) is 4.12. The van der Waals surface area contributed by atoms with Gasteiger partial charge < -0.3 is 19.0 Å². The van der Waals surface area contributed by atoms with Crippen LogP contribution in [0.5, 0.6) is 0 Å². The van der Waals surface area contributed by atoms with Crippen molar-refractivity contribution < 1.29 is 23.8 Å². The Hall–Kier alpha value is -1.24. The van der Waals surface area contributed by atoms with E-state index in [1.165, 1.54) is 0 Å². The molecule has 0 radical (unpaired) electrons. The van der Waals surface area contributed by atoms with E-state index in [4.69, 9.17) is 14.2 Å². The second-order valence-electron chi connectivity index (χ2n) is 5.23. The molecule has 1 heterocycles. The third-order valence-corrected chi connectivity index (χ3v) is 3.33. The van der Waals surface area contributed by atoms with E-state index in [2.05, 4.69) is 15.9 Å². The van der Waals surface area contributed by atoms with Gasteiger partial charge in [-0.1, -0.05) is 46.3 Å². The summed E-state index contributed by atoms with van der Waals surface area (Å²) in [6, 6.07) is 9.29. The molecule has 0 bridgehead atoms. The molecule has 0 unspecified atom stereocenters. The number of aldehydes is 1. The van der Waals surface area contributed by atoms with Gasteiger partial charge in [-0.25, -0.2) is 0 Å². The molecule has 3 atom stereocenters. The van der Waals surface area contributed by atoms with Gasteiger partial charge >= 0.3 is 5.97 Å². The number of rotatable bonds is 4. The van der Waals surface area contributed by atoms with Gasteiger partial charge in [0.25, 0.3) is 0 Å². The smallest absolute Gasteiger partial charge is 0.322 e. The average molecular weight is 357 g/mol. The van der Waals surface area contributed by atoms with E-state index in [-0.39, 0.29) is 6.61 Å². The van der Waals surface area contributed by atoms with Gasteiger partial charge in [0, 0.05) is 5.56 Å². The van der Waals surface area contributed by atoms with E-state index in [9.17, 15) is 9.59 Å². The van der Waals surface area contributed by atoms with Crippen LogP contribution in [0.15, 0.2) is 30.3 Å². The highest BCUT2D eigenvalue weighted by molar-refractivity contribution is 9.10. The molecule has 21 heavy (non-hydrogen) atoms. The van der Waals surface area contributed by atoms with E-state index >= 15 is 0 Å². The summed E-state index contributed by atoms with van der Waals surface area (Å²) in [5.74, 6) is -0.468. The number of esters is 1. The largest absolute Gasteiger partial charge is 0.456 e. The maximum absolute atomic E-state index is 11.8. The van der Waals surface area contributed by atoms with E-state index in [1.54, 1.807) is 13.8 Å². The zero-order chi connectivity index (χ0) is 15.5. The molecule has 0 spiro atoms. The van der Waals surface area contributed by atoms with Gasteiger partial charge in [-0.05, 0) is 13.8 Å². The predicted octanol–water partition coefficient (Wildman–Crippen LogP) is 2.38. The molecule has 1 fully saturated rings. The fraction of sp³-hybridized carbons (Fsp3) is 0.467. The summed E-state index contributed by atoms with van der Waals surface area (Å²) in [6.07, 6.45) is -1.58. The van der Waals surface area contributed by atoms with Crippen LogP contribution in [-0.2, 0) is 23.8 Å². The van der Waals surface area contributed by atoms with Crippen LogP contribution in [0, 0.1) is 0 Å². The molecule has 1 saturated heterocycles. The van der Waals surface area contributed by atoms with Crippen molar-refractivity contribution >= 4 is 28.2 Å². The monoisotopic (exact) mass is 356 g/mol. The summed E-state index contributed by atoms with van der Waals surface area (Å²) in [7, 11) is 0. The molecular formula is C15H17BrO5. The van der Waals surface area contributed by atoms with Crippen LogP contribution < -0.4 is 0 Å². The Morgan fingerprint density at radius 2 is 2.05 bits per heavy atom. The van der Waals surface area contributed by atoms with Crippen LogP contribution in [0.3, 0.4) is 0 Å². The molecule has 1 aromatic carbocycles. The van der Waals surface area contributed by atoms with Gasteiger partial charge in [0.1, 0.15) is 4.32 Å². The molecule has 0 aromatic heterocycles. The van der Waals surface area contributed by atoms with Crippen molar-refractivity contribution in [2.75, 3.05) is 6.61 Å². The van der Waals surface area contributed by atoms with Crippen LogP contribution in [0.25, 0.3) is 0 Å². The van der Waals surface area contributed by atoms with Crippen molar-refractivity contribution in [2.24, 2.45) is 0 Å². The van der Waals surface area contributed by atoms with Crippen molar-refractivity contribution in [1.82, 2.24) is 0 Å². The number of ether oxygens (including phenoxy) is 3. The minimum atomic E-state index is -0.845. The summed E-state index contributed by atoms with van der Waals surface area (Å²) >= 11 is 3.22. The van der Waals surface area contributed by atoms with Gasteiger partial charge in [-0.2, -0.15) is 0 Å². The summed E-state index contributed by atoms with van der Waals surface area (Å²) in [5, 5.41) is 0. The first-order valence-corrected chi connectivity index (χ1v) is 7.38. The highest BCUT2D eigenvalue weighted by Gasteiger charge is 2.37. The number of halogens is 1. The Balaban J connectivity index is 2.02. The first-order chi connectivity index (χ1) is 9.91. The topological polar surface area (TPSA) is 61.8 Å². The van der Waals surface area contributed by atoms with Gasteiger partial charge in [0.2, 0.25) is 0 Å². The third-order valence-electron chi connectivity index (χ3n) is 3.01. The lowest BCUT2D eigenvalue weighted by molar-refractivity contribution is -0.253. The fourth-order valence-electron chi connectivity index (χ4n) is 1.83. The molecule has 2 rings (SSSR count). The number of alkyl halides is 1. The zero-order valence-corrected chi connectivity index (χ0v) is 13.4. The molecule has 114 valence electrons. The number of hydrogen-bond acceptors (Lipinski definition) is 5. The molecule has 6 heteroatoms. The maximum atomic E-state index is 11.8. The molecule has 0 N–H and O–H groups in total. The second-order valence-corrected chi connectivity index (χ2v) is 7.21. The number of benzene rings is 1. The maximum Gasteiger partial charge on any atom is 0.322 e. The van der Waals surface area contributed by atoms with Gasteiger partial charge in [0.15, 0.2) is 24.8 Å². The van der Waals surface area contributed by atoms with E-state index in [0.29, 0.717) is 6.29 Å². The van der Waals surface area contributed by atoms with Crippen molar-refractivity contribution in [2.45, 2.75) is 36.7 Å². The number of carbonyl (C=O) groups is 2. The lowest BCUT2D eigenvalue weighted by Gasteiger charge is -2.34. The SMILES string of the molecule is CC(C)(Br)C(=O)O[C@@H]1CO[C@H](c2ccccc2)O[C@@H]1C=O. The van der Waals surface area contributed by atoms with E-state index < -0.39 is 28.8 Å². The number of carbonyl (C=O) groups excluding carboxylic acids is 2. The summed E-state index contributed by atoms with van der Waals surface area (Å²) in [5.41, 5.74) is 0.815. The Kier molecular flexibility index (Phi) is 5.13. The normalized spacial score (nSPS) is 26.1. The predicted molar refractivity (Wildman–Crippen MR) is 79.0 cm³/mol. The summed E-state index contributed by atoms with van der Waals surface area (Å²) in [6.45, 7) is 3.45. The van der Waals surface area contributed by atoms with Crippen molar-refractivity contribution in [3.05, 3.63) is 35.9 Å². The standard InChI is InChI=1S/C15H17BrO5/c1-15(2,16)14(18)21-12-9-19-13(20-11(12)8-17)10-6-4-3-5-7-10/h3-8,11-13H,9H2,1-2H3/t11-,12-,13+/m1/s1. The quantitative estimate of drug-likeness (QED) is 0.470. The zero-order valence-electron chi connectivity index (χ0n) is 11.8. The minimum absolute atomic E-state index is 0.109. The molecule has 0 aliphatic carbocycles. The Bertz CT molecular complexity index is 497. The Morgan fingerprint density at radius 3 is 2.62 bits per heavy atom. The van der Waals surface area contributed by atoms with Crippen LogP contribution >= 0.6 is 15.9 Å². The molecule has 5 nitrogen and oxygen atoms in total. The van der Waals surface area contributed by atoms with E-state index in [0.717, 1.165) is 5.56 Å². The van der Waals surface area contributed by atoms with Crippen molar-refractivity contribution in [3.63, 3.8) is 0 Å². The Labute approximate surface area is 131 Å². The van der Waals surface area contributed by atoms with Gasteiger partial charge in [-0.3, -0.25) is 4.79 Å². The molecule has 0 amide bonds. The van der Waals surface area contributed by atoms with Crippen molar-refractivity contribution in [3.8, 4) is 0 Å². The number of hydrogen-bond donors (Lipinski definition) is 0. The van der Waals surface area contributed by atoms with Crippen LogP contribution in [0.4, 0.5) is 0 Å². The molecule has 0 saturated carbocycles. The average Bonchev–Trinajstić information content (AvgIpc) is 2.47. The molecule has 1 aliphatic heterocycles. The first-order valence-electron chi connectivity index (χ1n) is 6.59. The summed E-state index contributed by atoms with van der Waals surface area (Å²) in [4.78, 5) is 23.0. The lowest BCUT2D eigenvalue weighted by Crippen LogP contribution is -2.46. The molecule has 1 aromatic rings. The highest BCUT2D eigenvalue weighted by Crippen LogP contribution is 2.28. The minimum Gasteiger partial charge on any atom is -0.456 e. The molecular weight excluding hydrogens is 340 g/mol. The van der Waals surface area contributed by atoms with Gasteiger partial charge in [-0.15, -0.1) is 0 Å². The molecule has 1 aliphatic rings. The highest BCUT2D eigenvalue weighted by atomic mass is 79.9. The fourth-order valence-corrected chi connectivity index (χ4v) is 1.92. The van der Waals surface area contributed by atoms with Gasteiger partial charge in [0.05, 0.1) is 6.61 Å². The van der Waals surface area contributed by atoms with Crippen molar-refractivity contribution in [1.29, 1.82) is 0 Å². The van der Waals surface area contributed by atoms with Crippen LogP contribution in [0.1, 0.15) is 25.7 Å². The Morgan fingerprint density at radius 1 is 1.38 bits per heavy atom. The van der Waals surface area contributed by atoms with Crippen LogP contribution in [-0.4, -0.2) is 35.4 Å².